The van der Waals surface area contributed by atoms with Crippen molar-refractivity contribution in [1.29, 1.82) is 0 Å². The third-order valence-corrected chi connectivity index (χ3v) is 4.16. The molecule has 6 nitrogen and oxygen atoms in total. The zero-order chi connectivity index (χ0) is 18.5. The molecule has 3 rings (SSSR count). The van der Waals surface area contributed by atoms with E-state index in [9.17, 15) is 4.79 Å². The number of ether oxygens (including phenoxy) is 2. The van der Waals surface area contributed by atoms with E-state index in [2.05, 4.69) is 10.4 Å². The summed E-state index contributed by atoms with van der Waals surface area (Å²) in [7, 11) is 3.17. The molecule has 0 saturated carbocycles. The fourth-order valence-electron chi connectivity index (χ4n) is 2.73. The highest BCUT2D eigenvalue weighted by Gasteiger charge is 2.15. The number of hydrogen-bond donors (Lipinski definition) is 1. The minimum absolute atomic E-state index is 0.167. The standard InChI is InChI=1S/C20H21N3O3/c1-14-17(13-22-23(14)16-7-5-4-6-8-16)20(24)21-12-15-9-10-18(25-2)19(11-15)26-3/h4-11,13H,12H2,1-3H3,(H,21,24). The molecule has 3 aromatic rings. The number of aromatic nitrogens is 2. The molecule has 2 aromatic carbocycles. The van der Waals surface area contributed by atoms with Gasteiger partial charge >= 0.3 is 0 Å². The average molecular weight is 351 g/mol. The Labute approximate surface area is 152 Å². The summed E-state index contributed by atoms with van der Waals surface area (Å²) in [6.45, 7) is 2.26. The fourth-order valence-corrected chi connectivity index (χ4v) is 2.73. The Morgan fingerprint density at radius 3 is 2.50 bits per heavy atom. The van der Waals surface area contributed by atoms with Crippen LogP contribution < -0.4 is 14.8 Å². The molecular weight excluding hydrogens is 330 g/mol. The van der Waals surface area contributed by atoms with E-state index in [1.165, 1.54) is 0 Å². The fraction of sp³-hybridized carbons (Fsp3) is 0.200. The molecule has 0 saturated heterocycles. The van der Waals surface area contributed by atoms with E-state index < -0.39 is 0 Å². The predicted octanol–water partition coefficient (Wildman–Crippen LogP) is 3.13. The molecule has 0 unspecified atom stereocenters. The number of hydrogen-bond acceptors (Lipinski definition) is 4. The molecule has 0 atom stereocenters. The van der Waals surface area contributed by atoms with E-state index in [-0.39, 0.29) is 5.91 Å². The first-order valence-electron chi connectivity index (χ1n) is 8.23. The lowest BCUT2D eigenvalue weighted by atomic mass is 10.2. The normalized spacial score (nSPS) is 10.4. The maximum atomic E-state index is 12.5. The first-order chi connectivity index (χ1) is 12.6. The first-order valence-corrected chi connectivity index (χ1v) is 8.23. The van der Waals surface area contributed by atoms with Crippen molar-refractivity contribution in [1.82, 2.24) is 15.1 Å². The third kappa shape index (κ3) is 3.54. The van der Waals surface area contributed by atoms with Crippen LogP contribution in [0.5, 0.6) is 11.5 Å². The molecule has 6 heteroatoms. The topological polar surface area (TPSA) is 65.4 Å². The second-order valence-electron chi connectivity index (χ2n) is 5.76. The quantitative estimate of drug-likeness (QED) is 0.741. The molecule has 0 aliphatic carbocycles. The van der Waals surface area contributed by atoms with Gasteiger partial charge in [-0.2, -0.15) is 5.10 Å². The van der Waals surface area contributed by atoms with Crippen molar-refractivity contribution in [3.63, 3.8) is 0 Å². The molecule has 1 N–H and O–H groups in total. The highest BCUT2D eigenvalue weighted by molar-refractivity contribution is 5.95. The number of nitrogens with zero attached hydrogens (tertiary/aromatic N) is 2. The summed E-state index contributed by atoms with van der Waals surface area (Å²) in [5.41, 5.74) is 3.18. The summed E-state index contributed by atoms with van der Waals surface area (Å²) in [6, 6.07) is 15.3. The van der Waals surface area contributed by atoms with Gasteiger partial charge in [-0.05, 0) is 36.8 Å². The summed E-state index contributed by atoms with van der Waals surface area (Å²) >= 11 is 0. The molecule has 0 aliphatic rings. The van der Waals surface area contributed by atoms with Crippen molar-refractivity contribution in [3.05, 3.63) is 71.5 Å². The van der Waals surface area contributed by atoms with Crippen molar-refractivity contribution < 1.29 is 14.3 Å². The van der Waals surface area contributed by atoms with Crippen LogP contribution in [0.3, 0.4) is 0 Å². The summed E-state index contributed by atoms with van der Waals surface area (Å²) in [4.78, 5) is 12.5. The van der Waals surface area contributed by atoms with Crippen LogP contribution in [0, 0.1) is 6.92 Å². The number of methoxy groups -OCH3 is 2. The van der Waals surface area contributed by atoms with E-state index >= 15 is 0 Å². The lowest BCUT2D eigenvalue weighted by Gasteiger charge is -2.10. The molecule has 1 heterocycles. The Morgan fingerprint density at radius 1 is 1.08 bits per heavy atom. The van der Waals surface area contributed by atoms with Gasteiger partial charge in [-0.25, -0.2) is 4.68 Å². The van der Waals surface area contributed by atoms with Gasteiger partial charge in [-0.15, -0.1) is 0 Å². The molecule has 0 bridgehead atoms. The Hall–Kier alpha value is -3.28. The van der Waals surface area contributed by atoms with Gasteiger partial charge in [0, 0.05) is 6.54 Å². The Bertz CT molecular complexity index is 904. The molecule has 1 amide bonds. The Kier molecular flexibility index (Phi) is 5.22. The molecule has 0 radical (unpaired) electrons. The van der Waals surface area contributed by atoms with Crippen LogP contribution in [0.25, 0.3) is 5.69 Å². The van der Waals surface area contributed by atoms with Crippen molar-refractivity contribution in [2.75, 3.05) is 14.2 Å². The minimum Gasteiger partial charge on any atom is -0.493 e. The maximum Gasteiger partial charge on any atom is 0.255 e. The highest BCUT2D eigenvalue weighted by Crippen LogP contribution is 2.27. The van der Waals surface area contributed by atoms with Crippen molar-refractivity contribution in [2.24, 2.45) is 0 Å². The van der Waals surface area contributed by atoms with Crippen molar-refractivity contribution in [3.8, 4) is 17.2 Å². The number of para-hydroxylation sites is 1. The molecule has 0 fully saturated rings. The maximum absolute atomic E-state index is 12.5. The Morgan fingerprint density at radius 2 is 1.81 bits per heavy atom. The summed E-state index contributed by atoms with van der Waals surface area (Å²) < 4.78 is 12.3. The van der Waals surface area contributed by atoms with Gasteiger partial charge in [0.1, 0.15) is 0 Å². The summed E-state index contributed by atoms with van der Waals surface area (Å²) in [5, 5.41) is 7.25. The summed E-state index contributed by atoms with van der Waals surface area (Å²) in [6.07, 6.45) is 1.59. The number of amides is 1. The van der Waals surface area contributed by atoms with Crippen molar-refractivity contribution >= 4 is 5.91 Å². The van der Waals surface area contributed by atoms with Crippen LogP contribution in [0.1, 0.15) is 21.6 Å². The highest BCUT2D eigenvalue weighted by atomic mass is 16.5. The number of rotatable bonds is 6. The average Bonchev–Trinajstić information content (AvgIpc) is 3.08. The van der Waals surface area contributed by atoms with E-state index in [0.717, 1.165) is 16.9 Å². The van der Waals surface area contributed by atoms with E-state index in [4.69, 9.17) is 9.47 Å². The molecular formula is C20H21N3O3. The zero-order valence-corrected chi connectivity index (χ0v) is 15.0. The molecule has 26 heavy (non-hydrogen) atoms. The second kappa shape index (κ2) is 7.74. The SMILES string of the molecule is COc1ccc(CNC(=O)c2cnn(-c3ccccc3)c2C)cc1OC. The minimum atomic E-state index is -0.167. The number of benzene rings is 2. The lowest BCUT2D eigenvalue weighted by Crippen LogP contribution is -2.23. The van der Waals surface area contributed by atoms with E-state index in [1.54, 1.807) is 25.1 Å². The molecule has 134 valence electrons. The first kappa shape index (κ1) is 17.5. The van der Waals surface area contributed by atoms with Crippen LogP contribution in [-0.2, 0) is 6.54 Å². The van der Waals surface area contributed by atoms with Gasteiger partial charge in [0.15, 0.2) is 11.5 Å². The largest absolute Gasteiger partial charge is 0.493 e. The van der Waals surface area contributed by atoms with Crippen LogP contribution in [-0.4, -0.2) is 29.9 Å². The van der Waals surface area contributed by atoms with Gasteiger partial charge < -0.3 is 14.8 Å². The van der Waals surface area contributed by atoms with E-state index in [1.807, 2.05) is 55.5 Å². The van der Waals surface area contributed by atoms with Crippen molar-refractivity contribution in [2.45, 2.75) is 13.5 Å². The van der Waals surface area contributed by atoms with Crippen LogP contribution in [0.15, 0.2) is 54.7 Å². The zero-order valence-electron chi connectivity index (χ0n) is 15.0. The van der Waals surface area contributed by atoms with Gasteiger partial charge in [-0.3, -0.25) is 4.79 Å². The second-order valence-corrected chi connectivity index (χ2v) is 5.76. The summed E-state index contributed by atoms with van der Waals surface area (Å²) in [5.74, 6) is 1.12. The van der Waals surface area contributed by atoms with Crippen LogP contribution >= 0.6 is 0 Å². The number of carbonyl (C=O) groups is 1. The number of carbonyl (C=O) groups excluding carboxylic acids is 1. The van der Waals surface area contributed by atoms with Gasteiger partial charge in [0.2, 0.25) is 0 Å². The van der Waals surface area contributed by atoms with Crippen LogP contribution in [0.4, 0.5) is 0 Å². The Balaban J connectivity index is 1.72. The molecule has 1 aromatic heterocycles. The monoisotopic (exact) mass is 351 g/mol. The van der Waals surface area contributed by atoms with E-state index in [0.29, 0.717) is 23.6 Å². The van der Waals surface area contributed by atoms with Gasteiger partial charge in [0.05, 0.1) is 37.4 Å². The predicted molar refractivity (Wildman–Crippen MR) is 99.0 cm³/mol. The third-order valence-electron chi connectivity index (χ3n) is 4.16. The lowest BCUT2D eigenvalue weighted by molar-refractivity contribution is 0.0950. The van der Waals surface area contributed by atoms with Gasteiger partial charge in [-0.1, -0.05) is 24.3 Å². The molecule has 0 aliphatic heterocycles. The molecule has 0 spiro atoms. The van der Waals surface area contributed by atoms with Gasteiger partial charge in [0.25, 0.3) is 5.91 Å². The number of nitrogens with one attached hydrogen (secondary N) is 1. The smallest absolute Gasteiger partial charge is 0.255 e. The van der Waals surface area contributed by atoms with Crippen LogP contribution in [0.2, 0.25) is 0 Å².